The summed E-state index contributed by atoms with van der Waals surface area (Å²) in [5.41, 5.74) is 0.660. The average Bonchev–Trinajstić information content (AvgIpc) is 2.49. The van der Waals surface area contributed by atoms with Crippen LogP contribution in [-0.2, 0) is 0 Å². The molecule has 1 aliphatic heterocycles. The highest BCUT2D eigenvalue weighted by molar-refractivity contribution is 5.94. The minimum absolute atomic E-state index is 0.0168. The van der Waals surface area contributed by atoms with Gasteiger partial charge in [0.2, 0.25) is 0 Å². The number of likely N-dealkylation sites (tertiary alicyclic amines) is 1. The number of pyridine rings is 1. The molecule has 1 aliphatic rings. The van der Waals surface area contributed by atoms with Crippen LogP contribution in [0, 0.1) is 5.92 Å². The Labute approximate surface area is 120 Å². The Morgan fingerprint density at radius 1 is 1.45 bits per heavy atom. The molecule has 2 rings (SSSR count). The average molecular weight is 276 g/mol. The van der Waals surface area contributed by atoms with Crippen molar-refractivity contribution in [1.29, 1.82) is 0 Å². The molecule has 110 valence electrons. The van der Waals surface area contributed by atoms with E-state index in [1.807, 2.05) is 0 Å². The summed E-state index contributed by atoms with van der Waals surface area (Å²) in [5, 5.41) is 5.94. The van der Waals surface area contributed by atoms with Crippen LogP contribution in [0.5, 0.6) is 0 Å². The second kappa shape index (κ2) is 7.24. The number of aromatic nitrogens is 1. The second-order valence-electron chi connectivity index (χ2n) is 5.47. The van der Waals surface area contributed by atoms with Gasteiger partial charge in [0.25, 0.3) is 5.91 Å². The van der Waals surface area contributed by atoms with E-state index in [2.05, 4.69) is 27.6 Å². The van der Waals surface area contributed by atoms with Crippen molar-refractivity contribution in [2.24, 2.45) is 5.92 Å². The molecule has 0 spiro atoms. The van der Waals surface area contributed by atoms with Crippen LogP contribution in [0.4, 0.5) is 5.82 Å². The Balaban J connectivity index is 1.74. The summed E-state index contributed by atoms with van der Waals surface area (Å²) in [4.78, 5) is 18.5. The fourth-order valence-electron chi connectivity index (χ4n) is 2.55. The van der Waals surface area contributed by atoms with E-state index in [9.17, 15) is 4.79 Å². The molecule has 1 saturated heterocycles. The van der Waals surface area contributed by atoms with Gasteiger partial charge in [0.15, 0.2) is 0 Å². The third-order valence-electron chi connectivity index (χ3n) is 3.95. The Kier molecular flexibility index (Phi) is 5.35. The maximum absolute atomic E-state index is 12.0. The van der Waals surface area contributed by atoms with Crippen molar-refractivity contribution in [3.8, 4) is 0 Å². The molecule has 0 unspecified atom stereocenters. The Hall–Kier alpha value is -1.62. The predicted molar refractivity (Wildman–Crippen MR) is 81.0 cm³/mol. The fourth-order valence-corrected chi connectivity index (χ4v) is 2.55. The van der Waals surface area contributed by atoms with Gasteiger partial charge in [-0.15, -0.1) is 0 Å². The van der Waals surface area contributed by atoms with E-state index in [0.29, 0.717) is 11.4 Å². The molecular formula is C15H24N4O. The monoisotopic (exact) mass is 276 g/mol. The molecule has 5 nitrogen and oxygen atoms in total. The summed E-state index contributed by atoms with van der Waals surface area (Å²) in [7, 11) is 3.96. The minimum atomic E-state index is -0.0168. The first kappa shape index (κ1) is 14.8. The van der Waals surface area contributed by atoms with Crippen molar-refractivity contribution in [3.05, 3.63) is 23.9 Å². The quantitative estimate of drug-likeness (QED) is 0.857. The number of nitrogens with one attached hydrogen (secondary N) is 2. The first-order valence-corrected chi connectivity index (χ1v) is 7.29. The van der Waals surface area contributed by atoms with Crippen molar-refractivity contribution < 1.29 is 4.79 Å². The number of hydrogen-bond donors (Lipinski definition) is 2. The molecule has 0 aromatic carbocycles. The minimum Gasteiger partial charge on any atom is -0.373 e. The van der Waals surface area contributed by atoms with Crippen molar-refractivity contribution in [1.82, 2.24) is 15.2 Å². The van der Waals surface area contributed by atoms with Crippen LogP contribution in [0.25, 0.3) is 0 Å². The first-order valence-electron chi connectivity index (χ1n) is 7.29. The van der Waals surface area contributed by atoms with Crippen molar-refractivity contribution in [2.75, 3.05) is 39.0 Å². The van der Waals surface area contributed by atoms with Crippen LogP contribution >= 0.6 is 0 Å². The Morgan fingerprint density at radius 2 is 2.20 bits per heavy atom. The van der Waals surface area contributed by atoms with E-state index in [-0.39, 0.29) is 5.91 Å². The summed E-state index contributed by atoms with van der Waals surface area (Å²) >= 11 is 0. The molecule has 1 fully saturated rings. The molecule has 0 aliphatic carbocycles. The van der Waals surface area contributed by atoms with Gasteiger partial charge in [-0.3, -0.25) is 4.79 Å². The Bertz CT molecular complexity index is 441. The lowest BCUT2D eigenvalue weighted by Gasteiger charge is -2.28. The SMILES string of the molecule is CNc1cc(C(=O)NCCC2CCN(C)CC2)ccn1. The maximum atomic E-state index is 12.0. The van der Waals surface area contributed by atoms with Gasteiger partial charge in [-0.05, 0) is 57.5 Å². The third kappa shape index (κ3) is 4.20. The highest BCUT2D eigenvalue weighted by Crippen LogP contribution is 2.18. The molecule has 20 heavy (non-hydrogen) atoms. The molecule has 0 bridgehead atoms. The third-order valence-corrected chi connectivity index (χ3v) is 3.95. The number of nitrogens with zero attached hydrogens (tertiary/aromatic N) is 2. The molecule has 2 N–H and O–H groups in total. The van der Waals surface area contributed by atoms with E-state index in [1.165, 1.54) is 25.9 Å². The molecule has 1 aromatic heterocycles. The van der Waals surface area contributed by atoms with Gasteiger partial charge >= 0.3 is 0 Å². The van der Waals surface area contributed by atoms with Crippen LogP contribution in [0.2, 0.25) is 0 Å². The smallest absolute Gasteiger partial charge is 0.251 e. The molecule has 1 amide bonds. The zero-order valence-electron chi connectivity index (χ0n) is 12.4. The number of rotatable bonds is 5. The number of hydrogen-bond acceptors (Lipinski definition) is 4. The number of amides is 1. The number of piperidine rings is 1. The van der Waals surface area contributed by atoms with Gasteiger partial charge in [0.05, 0.1) is 0 Å². The van der Waals surface area contributed by atoms with Crippen molar-refractivity contribution >= 4 is 11.7 Å². The highest BCUT2D eigenvalue weighted by Gasteiger charge is 2.16. The number of carbonyl (C=O) groups excluding carboxylic acids is 1. The highest BCUT2D eigenvalue weighted by atomic mass is 16.1. The normalized spacial score (nSPS) is 16.9. The van der Waals surface area contributed by atoms with Gasteiger partial charge in [-0.1, -0.05) is 0 Å². The fraction of sp³-hybridized carbons (Fsp3) is 0.600. The molecule has 0 radical (unpaired) electrons. The molecule has 1 aromatic rings. The maximum Gasteiger partial charge on any atom is 0.251 e. The van der Waals surface area contributed by atoms with Gasteiger partial charge in [0.1, 0.15) is 5.82 Å². The van der Waals surface area contributed by atoms with Crippen LogP contribution in [0.15, 0.2) is 18.3 Å². The topological polar surface area (TPSA) is 57.3 Å². The standard InChI is InChI=1S/C15H24N4O/c1-16-14-11-13(4-8-17-14)15(20)18-7-3-12-5-9-19(2)10-6-12/h4,8,11-12H,3,5-7,9-10H2,1-2H3,(H,16,17)(H,18,20). The van der Waals surface area contributed by atoms with E-state index < -0.39 is 0 Å². The molecule has 2 heterocycles. The van der Waals surface area contributed by atoms with Crippen LogP contribution in [0.3, 0.4) is 0 Å². The van der Waals surface area contributed by atoms with Gasteiger partial charge in [-0.2, -0.15) is 0 Å². The summed E-state index contributed by atoms with van der Waals surface area (Å²) < 4.78 is 0. The number of carbonyl (C=O) groups is 1. The van der Waals surface area contributed by atoms with Gasteiger partial charge in [0, 0.05) is 25.4 Å². The lowest BCUT2D eigenvalue weighted by molar-refractivity contribution is 0.0949. The van der Waals surface area contributed by atoms with E-state index in [4.69, 9.17) is 0 Å². The van der Waals surface area contributed by atoms with E-state index >= 15 is 0 Å². The zero-order valence-corrected chi connectivity index (χ0v) is 12.4. The van der Waals surface area contributed by atoms with Crippen LogP contribution < -0.4 is 10.6 Å². The van der Waals surface area contributed by atoms with Crippen LogP contribution in [0.1, 0.15) is 29.6 Å². The van der Waals surface area contributed by atoms with Crippen LogP contribution in [-0.4, -0.2) is 49.5 Å². The van der Waals surface area contributed by atoms with E-state index in [1.54, 1.807) is 25.4 Å². The zero-order chi connectivity index (χ0) is 14.4. The first-order chi connectivity index (χ1) is 9.69. The van der Waals surface area contributed by atoms with Crippen molar-refractivity contribution in [2.45, 2.75) is 19.3 Å². The summed E-state index contributed by atoms with van der Waals surface area (Å²) in [6.07, 6.45) is 5.21. The lowest BCUT2D eigenvalue weighted by Crippen LogP contribution is -2.32. The van der Waals surface area contributed by atoms with Crippen molar-refractivity contribution in [3.63, 3.8) is 0 Å². The Morgan fingerprint density at radius 3 is 2.90 bits per heavy atom. The van der Waals surface area contributed by atoms with E-state index in [0.717, 1.165) is 18.9 Å². The summed E-state index contributed by atoms with van der Waals surface area (Å²) in [6.45, 7) is 3.10. The van der Waals surface area contributed by atoms with Gasteiger partial charge in [-0.25, -0.2) is 4.98 Å². The molecular weight excluding hydrogens is 252 g/mol. The molecule has 5 heteroatoms. The second-order valence-corrected chi connectivity index (χ2v) is 5.47. The predicted octanol–water partition coefficient (Wildman–Crippen LogP) is 1.58. The summed E-state index contributed by atoms with van der Waals surface area (Å²) in [5.74, 6) is 1.45. The lowest BCUT2D eigenvalue weighted by atomic mass is 9.94. The van der Waals surface area contributed by atoms with Gasteiger partial charge < -0.3 is 15.5 Å². The molecule has 0 atom stereocenters. The summed E-state index contributed by atoms with van der Waals surface area (Å²) in [6, 6.07) is 3.51. The largest absolute Gasteiger partial charge is 0.373 e. The number of anilines is 1. The molecule has 0 saturated carbocycles.